The van der Waals surface area contributed by atoms with Crippen LogP contribution in [-0.2, 0) is 9.59 Å². The van der Waals surface area contributed by atoms with Crippen LogP contribution >= 0.6 is 11.8 Å². The maximum absolute atomic E-state index is 13.2. The van der Waals surface area contributed by atoms with E-state index in [0.29, 0.717) is 18.9 Å². The fourth-order valence-corrected chi connectivity index (χ4v) is 4.42. The minimum absolute atomic E-state index is 0.00730. The number of nitrogens with one attached hydrogen (secondary N) is 1. The maximum Gasteiger partial charge on any atom is 0.243 e. The summed E-state index contributed by atoms with van der Waals surface area (Å²) in [6.07, 6.45) is 3.46. The molecule has 4 atom stereocenters. The van der Waals surface area contributed by atoms with Crippen molar-refractivity contribution in [1.82, 2.24) is 10.2 Å². The van der Waals surface area contributed by atoms with Gasteiger partial charge in [-0.2, -0.15) is 11.8 Å². The van der Waals surface area contributed by atoms with Crippen molar-refractivity contribution in [2.45, 2.75) is 44.7 Å². The molecule has 1 aromatic carbocycles. The molecule has 2 amide bonds. The van der Waals surface area contributed by atoms with Gasteiger partial charge in [-0.05, 0) is 48.6 Å². The van der Waals surface area contributed by atoms with Crippen LogP contribution in [0.1, 0.15) is 38.2 Å². The molecule has 0 radical (unpaired) electrons. The van der Waals surface area contributed by atoms with Crippen LogP contribution in [0.25, 0.3) is 0 Å². The molecule has 2 aliphatic rings. The molecule has 1 aliphatic heterocycles. The molecule has 2 fully saturated rings. The molecule has 1 aliphatic carbocycles. The third kappa shape index (κ3) is 4.22. The Labute approximate surface area is 158 Å². The van der Waals surface area contributed by atoms with Crippen molar-refractivity contribution in [1.29, 1.82) is 0 Å². The van der Waals surface area contributed by atoms with Crippen LogP contribution in [0.5, 0.6) is 0 Å². The lowest BCUT2D eigenvalue weighted by molar-refractivity contribution is -0.146. The summed E-state index contributed by atoms with van der Waals surface area (Å²) in [6.45, 7) is 4.72. The predicted molar refractivity (Wildman–Crippen MR) is 103 cm³/mol. The standard InChI is InChI=1S/C20H27FN2O2S/c1-12(2)8-18-19(24)22-15(11-26-3)10-23(18)20(25)17-9-16(17)13-4-6-14(21)7-5-13/h4-7,12,15-18H,8-11H2,1-3H3,(H,22,24)/t15-,16+,17-,18+/m1/s1. The lowest BCUT2D eigenvalue weighted by atomic mass is 9.97. The molecule has 0 unspecified atom stereocenters. The molecule has 1 saturated heterocycles. The fraction of sp³-hybridized carbons (Fsp3) is 0.600. The van der Waals surface area contributed by atoms with E-state index in [2.05, 4.69) is 19.2 Å². The van der Waals surface area contributed by atoms with Crippen LogP contribution in [-0.4, -0.2) is 47.4 Å². The first-order valence-corrected chi connectivity index (χ1v) is 10.6. The summed E-state index contributed by atoms with van der Waals surface area (Å²) in [5.74, 6) is 0.979. The van der Waals surface area contributed by atoms with Crippen LogP contribution in [0.2, 0.25) is 0 Å². The number of amides is 2. The first-order valence-electron chi connectivity index (χ1n) is 9.26. The highest BCUT2D eigenvalue weighted by Crippen LogP contribution is 2.49. The van der Waals surface area contributed by atoms with Gasteiger partial charge in [0.05, 0.1) is 6.04 Å². The van der Waals surface area contributed by atoms with Crippen molar-refractivity contribution in [3.8, 4) is 0 Å². The van der Waals surface area contributed by atoms with Gasteiger partial charge in [-0.3, -0.25) is 9.59 Å². The van der Waals surface area contributed by atoms with Crippen LogP contribution in [0.15, 0.2) is 24.3 Å². The number of thioether (sulfide) groups is 1. The number of halogens is 1. The Hall–Kier alpha value is -1.56. The van der Waals surface area contributed by atoms with Crippen molar-refractivity contribution >= 4 is 23.6 Å². The van der Waals surface area contributed by atoms with E-state index in [0.717, 1.165) is 17.7 Å². The summed E-state index contributed by atoms with van der Waals surface area (Å²) < 4.78 is 13.1. The Morgan fingerprint density at radius 1 is 1.35 bits per heavy atom. The second-order valence-electron chi connectivity index (χ2n) is 7.80. The average molecular weight is 379 g/mol. The third-order valence-corrected chi connectivity index (χ3v) is 5.93. The molecule has 1 saturated carbocycles. The first-order chi connectivity index (χ1) is 12.4. The predicted octanol–water partition coefficient (Wildman–Crippen LogP) is 3.03. The van der Waals surface area contributed by atoms with E-state index in [9.17, 15) is 14.0 Å². The van der Waals surface area contributed by atoms with Gasteiger partial charge in [-0.1, -0.05) is 26.0 Å². The second kappa shape index (κ2) is 7.99. The molecule has 1 heterocycles. The van der Waals surface area contributed by atoms with Crippen LogP contribution < -0.4 is 5.32 Å². The summed E-state index contributed by atoms with van der Waals surface area (Å²) in [7, 11) is 0. The minimum Gasteiger partial charge on any atom is -0.349 e. The topological polar surface area (TPSA) is 49.4 Å². The highest BCUT2D eigenvalue weighted by molar-refractivity contribution is 7.98. The van der Waals surface area contributed by atoms with Crippen LogP contribution in [0, 0.1) is 17.7 Å². The number of benzene rings is 1. The molecule has 1 aromatic rings. The van der Waals surface area contributed by atoms with Gasteiger partial charge in [-0.15, -0.1) is 0 Å². The highest BCUT2D eigenvalue weighted by atomic mass is 32.2. The van der Waals surface area contributed by atoms with Crippen molar-refractivity contribution < 1.29 is 14.0 Å². The summed E-state index contributed by atoms with van der Waals surface area (Å²) in [5.41, 5.74) is 1.01. The second-order valence-corrected chi connectivity index (χ2v) is 8.71. The number of rotatable bonds is 6. The molecule has 142 valence electrons. The van der Waals surface area contributed by atoms with Gasteiger partial charge in [-0.25, -0.2) is 4.39 Å². The Kier molecular flexibility index (Phi) is 5.90. The lowest BCUT2D eigenvalue weighted by Gasteiger charge is -2.40. The lowest BCUT2D eigenvalue weighted by Crippen LogP contribution is -2.62. The largest absolute Gasteiger partial charge is 0.349 e. The Morgan fingerprint density at radius 3 is 2.65 bits per heavy atom. The fourth-order valence-electron chi connectivity index (χ4n) is 3.83. The van der Waals surface area contributed by atoms with E-state index >= 15 is 0 Å². The van der Waals surface area contributed by atoms with E-state index in [1.807, 2.05) is 11.2 Å². The summed E-state index contributed by atoms with van der Waals surface area (Å²) in [6, 6.07) is 6.04. The van der Waals surface area contributed by atoms with Gasteiger partial charge >= 0.3 is 0 Å². The van der Waals surface area contributed by atoms with Crippen molar-refractivity contribution in [3.63, 3.8) is 0 Å². The van der Waals surface area contributed by atoms with Gasteiger partial charge in [0.15, 0.2) is 0 Å². The first kappa shape index (κ1) is 19.2. The molecule has 0 aromatic heterocycles. The van der Waals surface area contributed by atoms with Gasteiger partial charge < -0.3 is 10.2 Å². The van der Waals surface area contributed by atoms with Gasteiger partial charge in [0.1, 0.15) is 11.9 Å². The number of piperazine rings is 1. The van der Waals surface area contributed by atoms with Gasteiger partial charge in [0.2, 0.25) is 11.8 Å². The monoisotopic (exact) mass is 378 g/mol. The number of carbonyl (C=O) groups is 2. The number of nitrogens with zero attached hydrogens (tertiary/aromatic N) is 1. The smallest absolute Gasteiger partial charge is 0.243 e. The van der Waals surface area contributed by atoms with Gasteiger partial charge in [0, 0.05) is 18.2 Å². The van der Waals surface area contributed by atoms with Gasteiger partial charge in [0.25, 0.3) is 0 Å². The number of carbonyl (C=O) groups excluding carboxylic acids is 2. The maximum atomic E-state index is 13.2. The van der Waals surface area contributed by atoms with Crippen LogP contribution in [0.3, 0.4) is 0 Å². The third-order valence-electron chi connectivity index (χ3n) is 5.19. The van der Waals surface area contributed by atoms with Crippen molar-refractivity contribution in [2.24, 2.45) is 11.8 Å². The SMILES string of the molecule is CSC[C@H]1CN(C(=O)[C@@H]2C[C@H]2c2ccc(F)cc2)[C@@H](CC(C)C)C(=O)N1. The number of hydrogen-bond acceptors (Lipinski definition) is 3. The molecular formula is C20H27FN2O2S. The molecule has 0 bridgehead atoms. The Bertz CT molecular complexity index is 664. The number of hydrogen-bond donors (Lipinski definition) is 1. The van der Waals surface area contributed by atoms with Crippen molar-refractivity contribution in [3.05, 3.63) is 35.6 Å². The molecule has 4 nitrogen and oxygen atoms in total. The molecule has 26 heavy (non-hydrogen) atoms. The molecule has 0 spiro atoms. The quantitative estimate of drug-likeness (QED) is 0.828. The summed E-state index contributed by atoms with van der Waals surface area (Å²) >= 11 is 1.67. The van der Waals surface area contributed by atoms with Crippen LogP contribution in [0.4, 0.5) is 4.39 Å². The highest BCUT2D eigenvalue weighted by Gasteiger charge is 2.49. The molecule has 6 heteroatoms. The normalized spacial score (nSPS) is 28.2. The zero-order chi connectivity index (χ0) is 18.8. The average Bonchev–Trinajstić information content (AvgIpc) is 3.38. The summed E-state index contributed by atoms with van der Waals surface area (Å²) in [5, 5.41) is 3.07. The Morgan fingerprint density at radius 2 is 2.04 bits per heavy atom. The zero-order valence-corrected chi connectivity index (χ0v) is 16.4. The molecule has 3 rings (SSSR count). The Balaban J connectivity index is 1.73. The van der Waals surface area contributed by atoms with E-state index < -0.39 is 0 Å². The molecule has 1 N–H and O–H groups in total. The van der Waals surface area contributed by atoms with E-state index in [4.69, 9.17) is 0 Å². The molecular weight excluding hydrogens is 351 g/mol. The van der Waals surface area contributed by atoms with E-state index in [1.165, 1.54) is 12.1 Å². The van der Waals surface area contributed by atoms with E-state index in [1.54, 1.807) is 23.9 Å². The minimum atomic E-state index is -0.380. The summed E-state index contributed by atoms with van der Waals surface area (Å²) in [4.78, 5) is 27.6. The van der Waals surface area contributed by atoms with E-state index in [-0.39, 0.29) is 41.6 Å². The van der Waals surface area contributed by atoms with Crippen molar-refractivity contribution in [2.75, 3.05) is 18.6 Å². The zero-order valence-electron chi connectivity index (χ0n) is 15.6.